The van der Waals surface area contributed by atoms with Gasteiger partial charge in [-0.1, -0.05) is 26.3 Å². The van der Waals surface area contributed by atoms with Crippen molar-refractivity contribution in [2.24, 2.45) is 0 Å². The first-order valence-corrected chi connectivity index (χ1v) is 6.88. The average Bonchev–Trinajstić information content (AvgIpc) is 2.37. The summed E-state index contributed by atoms with van der Waals surface area (Å²) in [5.41, 5.74) is 3.71. The highest BCUT2D eigenvalue weighted by Gasteiger charge is 2.03. The van der Waals surface area contributed by atoms with Crippen LogP contribution in [0, 0.1) is 6.92 Å². The van der Waals surface area contributed by atoms with Crippen LogP contribution in [0.5, 0.6) is 0 Å². The van der Waals surface area contributed by atoms with E-state index in [0.717, 1.165) is 30.7 Å². The Labute approximate surface area is 109 Å². The third-order valence-electron chi connectivity index (χ3n) is 3.15. The fourth-order valence-electron chi connectivity index (χ4n) is 2.20. The molecule has 0 bridgehead atoms. The molecule has 2 nitrogen and oxygen atoms in total. The predicted octanol–water partition coefficient (Wildman–Crippen LogP) is 4.32. The molecule has 1 N–H and O–H groups in total. The van der Waals surface area contributed by atoms with Crippen molar-refractivity contribution in [3.8, 4) is 0 Å². The summed E-state index contributed by atoms with van der Waals surface area (Å²) < 4.78 is 0. The highest BCUT2D eigenvalue weighted by molar-refractivity contribution is 5.82. The van der Waals surface area contributed by atoms with Gasteiger partial charge < -0.3 is 5.32 Å². The van der Waals surface area contributed by atoms with E-state index in [1.807, 2.05) is 0 Å². The largest absolute Gasteiger partial charge is 0.370 e. The van der Waals surface area contributed by atoms with Crippen LogP contribution in [0.15, 0.2) is 24.3 Å². The number of anilines is 1. The van der Waals surface area contributed by atoms with E-state index >= 15 is 0 Å². The van der Waals surface area contributed by atoms with Gasteiger partial charge in [-0.2, -0.15) is 0 Å². The van der Waals surface area contributed by atoms with E-state index in [-0.39, 0.29) is 0 Å². The molecule has 1 aromatic heterocycles. The van der Waals surface area contributed by atoms with Crippen LogP contribution in [-0.2, 0) is 6.42 Å². The van der Waals surface area contributed by atoms with Crippen LogP contribution >= 0.6 is 0 Å². The molecule has 18 heavy (non-hydrogen) atoms. The molecule has 0 aliphatic carbocycles. The van der Waals surface area contributed by atoms with Crippen LogP contribution in [0.2, 0.25) is 0 Å². The Morgan fingerprint density at radius 3 is 2.67 bits per heavy atom. The van der Waals surface area contributed by atoms with Gasteiger partial charge in [0.05, 0.1) is 5.52 Å². The van der Waals surface area contributed by atoms with E-state index in [9.17, 15) is 0 Å². The van der Waals surface area contributed by atoms with Crippen LogP contribution in [0.3, 0.4) is 0 Å². The van der Waals surface area contributed by atoms with Crippen molar-refractivity contribution in [1.29, 1.82) is 0 Å². The Balaban J connectivity index is 2.37. The van der Waals surface area contributed by atoms with Gasteiger partial charge in [0.1, 0.15) is 5.82 Å². The van der Waals surface area contributed by atoms with E-state index in [4.69, 9.17) is 4.98 Å². The number of benzene rings is 1. The molecule has 0 saturated heterocycles. The van der Waals surface area contributed by atoms with Gasteiger partial charge in [-0.25, -0.2) is 4.98 Å². The molecule has 0 aliphatic heterocycles. The molecule has 0 atom stereocenters. The van der Waals surface area contributed by atoms with Crippen molar-refractivity contribution < 1.29 is 0 Å². The van der Waals surface area contributed by atoms with E-state index in [0.29, 0.717) is 0 Å². The molecule has 2 rings (SSSR count). The molecule has 0 fully saturated rings. The molecular formula is C16H22N2. The molecule has 0 unspecified atom stereocenters. The first-order valence-electron chi connectivity index (χ1n) is 6.88. The van der Waals surface area contributed by atoms with Crippen molar-refractivity contribution in [3.63, 3.8) is 0 Å². The summed E-state index contributed by atoms with van der Waals surface area (Å²) >= 11 is 0. The zero-order valence-corrected chi connectivity index (χ0v) is 11.6. The molecule has 0 saturated carbocycles. The van der Waals surface area contributed by atoms with Crippen molar-refractivity contribution in [2.45, 2.75) is 40.0 Å². The van der Waals surface area contributed by atoms with Crippen molar-refractivity contribution in [1.82, 2.24) is 4.98 Å². The molecule has 0 aliphatic rings. The Morgan fingerprint density at radius 2 is 1.94 bits per heavy atom. The molecule has 1 heterocycles. The molecule has 96 valence electrons. The lowest BCUT2D eigenvalue weighted by Crippen LogP contribution is -2.04. The monoisotopic (exact) mass is 242 g/mol. The second-order valence-electron chi connectivity index (χ2n) is 4.86. The first kappa shape index (κ1) is 12.9. The summed E-state index contributed by atoms with van der Waals surface area (Å²) in [5, 5.41) is 4.63. The van der Waals surface area contributed by atoms with E-state index < -0.39 is 0 Å². The summed E-state index contributed by atoms with van der Waals surface area (Å²) in [5.74, 6) is 1.02. The lowest BCUT2D eigenvalue weighted by molar-refractivity contribution is 0.923. The predicted molar refractivity (Wildman–Crippen MR) is 79.3 cm³/mol. The van der Waals surface area contributed by atoms with Gasteiger partial charge in [0.15, 0.2) is 0 Å². The second-order valence-corrected chi connectivity index (χ2v) is 4.86. The van der Waals surface area contributed by atoms with Crippen LogP contribution in [-0.4, -0.2) is 11.5 Å². The standard InChI is InChI=1S/C16H22N2/c1-4-6-13-7-8-15-14(11-13)10-12(3)16(18-15)17-9-5-2/h7-8,10-11H,4-6,9H2,1-3H3,(H,17,18). The van der Waals surface area contributed by atoms with Gasteiger partial charge >= 0.3 is 0 Å². The number of nitrogens with zero attached hydrogens (tertiary/aromatic N) is 1. The van der Waals surface area contributed by atoms with Crippen molar-refractivity contribution >= 4 is 16.7 Å². The zero-order valence-electron chi connectivity index (χ0n) is 11.6. The van der Waals surface area contributed by atoms with Gasteiger partial charge in [-0.3, -0.25) is 0 Å². The third-order valence-corrected chi connectivity index (χ3v) is 3.15. The molecule has 0 spiro atoms. The third kappa shape index (κ3) is 2.81. The quantitative estimate of drug-likeness (QED) is 0.844. The number of hydrogen-bond donors (Lipinski definition) is 1. The fraction of sp³-hybridized carbons (Fsp3) is 0.438. The minimum Gasteiger partial charge on any atom is -0.370 e. The minimum absolute atomic E-state index is 0.979. The fourth-order valence-corrected chi connectivity index (χ4v) is 2.20. The second kappa shape index (κ2) is 5.85. The van der Waals surface area contributed by atoms with Crippen molar-refractivity contribution in [3.05, 3.63) is 35.4 Å². The topological polar surface area (TPSA) is 24.9 Å². The summed E-state index contributed by atoms with van der Waals surface area (Å²) in [7, 11) is 0. The molecule has 0 amide bonds. The normalized spacial score (nSPS) is 10.8. The number of nitrogens with one attached hydrogen (secondary N) is 1. The van der Waals surface area contributed by atoms with Crippen LogP contribution in [0.4, 0.5) is 5.82 Å². The van der Waals surface area contributed by atoms with Crippen LogP contribution in [0.1, 0.15) is 37.8 Å². The maximum atomic E-state index is 4.70. The van der Waals surface area contributed by atoms with E-state index in [1.165, 1.54) is 22.9 Å². The number of fused-ring (bicyclic) bond motifs is 1. The highest BCUT2D eigenvalue weighted by Crippen LogP contribution is 2.21. The summed E-state index contributed by atoms with van der Waals surface area (Å²) in [4.78, 5) is 4.70. The number of aromatic nitrogens is 1. The molecular weight excluding hydrogens is 220 g/mol. The Morgan fingerprint density at radius 1 is 1.11 bits per heavy atom. The number of pyridine rings is 1. The van der Waals surface area contributed by atoms with Gasteiger partial charge in [-0.15, -0.1) is 0 Å². The Hall–Kier alpha value is -1.57. The SMILES string of the molecule is CCCNc1nc2ccc(CCC)cc2cc1C. The van der Waals surface area contributed by atoms with Crippen molar-refractivity contribution in [2.75, 3.05) is 11.9 Å². The molecule has 2 aromatic rings. The van der Waals surface area contributed by atoms with Crippen LogP contribution in [0.25, 0.3) is 10.9 Å². The number of rotatable bonds is 5. The lowest BCUT2D eigenvalue weighted by Gasteiger charge is -2.10. The Kier molecular flexibility index (Phi) is 4.19. The van der Waals surface area contributed by atoms with E-state index in [2.05, 4.69) is 50.4 Å². The molecule has 0 radical (unpaired) electrons. The average molecular weight is 242 g/mol. The first-order chi connectivity index (χ1) is 8.74. The van der Waals surface area contributed by atoms with Crippen LogP contribution < -0.4 is 5.32 Å². The molecule has 1 aromatic carbocycles. The lowest BCUT2D eigenvalue weighted by atomic mass is 10.1. The van der Waals surface area contributed by atoms with Gasteiger partial charge in [-0.05, 0) is 49.1 Å². The summed E-state index contributed by atoms with van der Waals surface area (Å²) in [6.45, 7) is 7.48. The molecule has 2 heteroatoms. The zero-order chi connectivity index (χ0) is 13.0. The maximum Gasteiger partial charge on any atom is 0.129 e. The van der Waals surface area contributed by atoms with Gasteiger partial charge in [0.2, 0.25) is 0 Å². The number of aryl methyl sites for hydroxylation is 2. The number of hydrogen-bond acceptors (Lipinski definition) is 2. The van der Waals surface area contributed by atoms with E-state index in [1.54, 1.807) is 0 Å². The van der Waals surface area contributed by atoms with Gasteiger partial charge in [0, 0.05) is 11.9 Å². The summed E-state index contributed by atoms with van der Waals surface area (Å²) in [6, 6.07) is 8.83. The smallest absolute Gasteiger partial charge is 0.129 e. The minimum atomic E-state index is 0.979. The highest BCUT2D eigenvalue weighted by atomic mass is 15.0. The maximum absolute atomic E-state index is 4.70. The van der Waals surface area contributed by atoms with Gasteiger partial charge in [0.25, 0.3) is 0 Å². The summed E-state index contributed by atoms with van der Waals surface area (Å²) in [6.07, 6.45) is 3.45. The Bertz CT molecular complexity index is 532.